The van der Waals surface area contributed by atoms with Gasteiger partial charge in [-0.2, -0.15) is 0 Å². The van der Waals surface area contributed by atoms with Crippen molar-refractivity contribution in [3.63, 3.8) is 0 Å². The van der Waals surface area contributed by atoms with Crippen LogP contribution in [-0.4, -0.2) is 43.4 Å². The van der Waals surface area contributed by atoms with E-state index in [0.29, 0.717) is 17.7 Å². The number of nitrogens with zero attached hydrogens (tertiary/aromatic N) is 2. The minimum absolute atomic E-state index is 0.000550. The van der Waals surface area contributed by atoms with E-state index in [1.54, 1.807) is 36.4 Å². The first-order valence-electron chi connectivity index (χ1n) is 7.18. The first-order chi connectivity index (χ1) is 11.2. The van der Waals surface area contributed by atoms with Crippen LogP contribution in [0, 0.1) is 0 Å². The normalized spacial score (nSPS) is 14.1. The summed E-state index contributed by atoms with van der Waals surface area (Å²) in [5, 5.41) is 2.71. The van der Waals surface area contributed by atoms with Crippen LogP contribution in [-0.2, 0) is 4.79 Å². The smallest absolute Gasteiger partial charge is 0.189 e. The van der Waals surface area contributed by atoms with Gasteiger partial charge in [0, 0.05) is 17.4 Å². The van der Waals surface area contributed by atoms with Gasteiger partial charge in [0.25, 0.3) is 0 Å². The Morgan fingerprint density at radius 3 is 2.78 bits per heavy atom. The fourth-order valence-electron chi connectivity index (χ4n) is 1.85. The van der Waals surface area contributed by atoms with Gasteiger partial charge < -0.3 is 11.1 Å². The molecule has 23 heavy (non-hydrogen) atoms. The second kappa shape index (κ2) is 8.43. The van der Waals surface area contributed by atoms with Crippen LogP contribution in [0.25, 0.3) is 0 Å². The summed E-state index contributed by atoms with van der Waals surface area (Å²) in [5.41, 5.74) is 6.75. The van der Waals surface area contributed by atoms with Crippen molar-refractivity contribution in [1.82, 2.24) is 5.32 Å². The van der Waals surface area contributed by atoms with Gasteiger partial charge in [-0.1, -0.05) is 48.6 Å². The molecule has 0 radical (unpaired) electrons. The molecule has 0 aromatic heterocycles. The number of rotatable bonds is 6. The lowest BCUT2D eigenvalue weighted by Gasteiger charge is -2.05. The van der Waals surface area contributed by atoms with Gasteiger partial charge in [0.2, 0.25) is 0 Å². The molecule has 0 aliphatic carbocycles. The second-order valence-corrected chi connectivity index (χ2v) is 4.81. The van der Waals surface area contributed by atoms with Crippen molar-refractivity contribution in [2.75, 3.05) is 19.6 Å². The van der Waals surface area contributed by atoms with E-state index in [4.69, 9.17) is 5.73 Å². The number of ketones is 2. The molecular weight excluding hydrogens is 292 g/mol. The van der Waals surface area contributed by atoms with Crippen LogP contribution >= 0.6 is 0 Å². The highest BCUT2D eigenvalue weighted by Crippen LogP contribution is 2.00. The van der Waals surface area contributed by atoms with Crippen LogP contribution < -0.4 is 11.1 Å². The zero-order chi connectivity index (χ0) is 16.5. The maximum atomic E-state index is 12.0. The van der Waals surface area contributed by atoms with Crippen LogP contribution in [0.2, 0.25) is 0 Å². The van der Waals surface area contributed by atoms with Gasteiger partial charge in [-0.25, -0.2) is 4.99 Å². The highest BCUT2D eigenvalue weighted by atomic mass is 16.1. The molecule has 6 heteroatoms. The molecule has 6 nitrogen and oxygen atoms in total. The van der Waals surface area contributed by atoms with Crippen LogP contribution in [0.5, 0.6) is 0 Å². The Morgan fingerprint density at radius 2 is 2.00 bits per heavy atom. The predicted octanol–water partition coefficient (Wildman–Crippen LogP) is 0.910. The Bertz CT molecular complexity index is 688. The summed E-state index contributed by atoms with van der Waals surface area (Å²) in [6, 6.07) is 8.84. The number of allylic oxidation sites excluding steroid dienone is 2. The summed E-state index contributed by atoms with van der Waals surface area (Å²) in [6.07, 6.45) is 6.88. The van der Waals surface area contributed by atoms with Crippen LogP contribution in [0.3, 0.4) is 0 Å². The minimum Gasteiger partial charge on any atom is -0.370 e. The molecule has 1 aliphatic rings. The maximum Gasteiger partial charge on any atom is 0.189 e. The second-order valence-electron chi connectivity index (χ2n) is 4.81. The van der Waals surface area contributed by atoms with Gasteiger partial charge >= 0.3 is 0 Å². The number of guanidine groups is 1. The van der Waals surface area contributed by atoms with E-state index in [2.05, 4.69) is 15.3 Å². The zero-order valence-corrected chi connectivity index (χ0v) is 12.6. The van der Waals surface area contributed by atoms with E-state index >= 15 is 0 Å². The molecule has 1 aromatic carbocycles. The number of nitrogens with two attached hydrogens (primary N) is 1. The molecule has 3 N–H and O–H groups in total. The van der Waals surface area contributed by atoms with Crippen LogP contribution in [0.4, 0.5) is 0 Å². The molecule has 0 fully saturated rings. The predicted molar refractivity (Wildman–Crippen MR) is 90.9 cm³/mol. The summed E-state index contributed by atoms with van der Waals surface area (Å²) in [5.74, 6) is -0.220. The zero-order valence-electron chi connectivity index (χ0n) is 12.6. The lowest BCUT2D eigenvalue weighted by molar-refractivity contribution is -0.114. The lowest BCUT2D eigenvalue weighted by Crippen LogP contribution is -2.36. The Kier molecular flexibility index (Phi) is 5.99. The van der Waals surface area contributed by atoms with Gasteiger partial charge in [-0.15, -0.1) is 0 Å². The summed E-state index contributed by atoms with van der Waals surface area (Å²) in [7, 11) is 0. The molecule has 0 saturated carbocycles. The Morgan fingerprint density at radius 1 is 1.22 bits per heavy atom. The largest absolute Gasteiger partial charge is 0.370 e. The third kappa shape index (κ3) is 5.35. The number of benzene rings is 1. The molecule has 2 rings (SSSR count). The molecule has 0 bridgehead atoms. The molecule has 0 amide bonds. The van der Waals surface area contributed by atoms with E-state index in [-0.39, 0.29) is 30.6 Å². The third-order valence-corrected chi connectivity index (χ3v) is 3.09. The molecule has 0 saturated heterocycles. The monoisotopic (exact) mass is 310 g/mol. The van der Waals surface area contributed by atoms with E-state index in [0.717, 1.165) is 0 Å². The first-order valence-corrected chi connectivity index (χ1v) is 7.18. The average molecular weight is 310 g/mol. The number of nitrogens with one attached hydrogen (secondary N) is 1. The van der Waals surface area contributed by atoms with E-state index < -0.39 is 0 Å². The number of carbonyl (C=O) groups is 2. The van der Waals surface area contributed by atoms with Crippen molar-refractivity contribution in [2.24, 2.45) is 15.7 Å². The first kappa shape index (κ1) is 16.4. The van der Waals surface area contributed by atoms with Gasteiger partial charge in [0.1, 0.15) is 6.54 Å². The standard InChI is InChI=1S/C17H18N4O2/c18-17(20-11-15(22)13-6-2-1-3-7-13)21-12-16(23)14-8-4-5-9-19-10-14/h1-8,10H,9,11-12H2,(H3,18,20,21). The minimum atomic E-state index is -0.146. The average Bonchev–Trinajstić information content (AvgIpc) is 2.87. The molecule has 0 atom stereocenters. The summed E-state index contributed by atoms with van der Waals surface area (Å²) in [6.45, 7) is 0.496. The Balaban J connectivity index is 1.83. The molecule has 118 valence electrons. The maximum absolute atomic E-state index is 12.0. The van der Waals surface area contributed by atoms with Crippen molar-refractivity contribution in [3.05, 3.63) is 59.7 Å². The molecule has 1 aliphatic heterocycles. The van der Waals surface area contributed by atoms with Crippen molar-refractivity contribution in [2.45, 2.75) is 0 Å². The van der Waals surface area contributed by atoms with Crippen molar-refractivity contribution in [1.29, 1.82) is 0 Å². The van der Waals surface area contributed by atoms with Crippen LogP contribution in [0.1, 0.15) is 10.4 Å². The number of hydrogen-bond donors (Lipinski definition) is 2. The molecule has 0 spiro atoms. The molecule has 0 unspecified atom stereocenters. The van der Waals surface area contributed by atoms with Crippen molar-refractivity contribution >= 4 is 23.7 Å². The fraction of sp³-hybridized carbons (Fsp3) is 0.176. The molecule has 1 aromatic rings. The third-order valence-electron chi connectivity index (χ3n) is 3.09. The number of hydrogen-bond acceptors (Lipinski definition) is 4. The van der Waals surface area contributed by atoms with Gasteiger partial charge in [0.15, 0.2) is 17.5 Å². The summed E-state index contributed by atoms with van der Waals surface area (Å²) >= 11 is 0. The Hall–Kier alpha value is -3.02. The summed E-state index contributed by atoms with van der Waals surface area (Å²) in [4.78, 5) is 31.9. The SMILES string of the molecule is NC(=NCC(=O)c1ccccc1)NCC(=O)C1=CC=CCN=C1. The van der Waals surface area contributed by atoms with E-state index in [9.17, 15) is 9.59 Å². The van der Waals surface area contributed by atoms with Gasteiger partial charge in [-0.3, -0.25) is 14.6 Å². The van der Waals surface area contributed by atoms with Crippen LogP contribution in [0.15, 0.2) is 64.1 Å². The number of aliphatic imine (C=N–C) groups is 2. The summed E-state index contributed by atoms with van der Waals surface area (Å²) < 4.78 is 0. The van der Waals surface area contributed by atoms with Crippen molar-refractivity contribution < 1.29 is 9.59 Å². The molecule has 1 heterocycles. The van der Waals surface area contributed by atoms with Gasteiger partial charge in [-0.05, 0) is 0 Å². The molecular formula is C17H18N4O2. The highest BCUT2D eigenvalue weighted by Gasteiger charge is 2.08. The Labute approximate surface area is 134 Å². The van der Waals surface area contributed by atoms with E-state index in [1.807, 2.05) is 12.1 Å². The van der Waals surface area contributed by atoms with Crippen molar-refractivity contribution in [3.8, 4) is 0 Å². The lowest BCUT2D eigenvalue weighted by atomic mass is 10.1. The van der Waals surface area contributed by atoms with E-state index in [1.165, 1.54) is 6.21 Å². The topological polar surface area (TPSA) is 96.9 Å². The quantitative estimate of drug-likeness (QED) is 0.463. The number of Topliss-reactive ketones (excluding diaryl/α,β-unsaturated/α-hetero) is 2. The highest BCUT2D eigenvalue weighted by molar-refractivity contribution is 6.15. The fourth-order valence-corrected chi connectivity index (χ4v) is 1.85. The number of carbonyl (C=O) groups excluding carboxylic acids is 2. The van der Waals surface area contributed by atoms with Gasteiger partial charge in [0.05, 0.1) is 13.1 Å².